The highest BCUT2D eigenvalue weighted by Gasteiger charge is 2.21. The Balaban J connectivity index is 0.00000144. The third kappa shape index (κ3) is 3.44. The van der Waals surface area contributed by atoms with E-state index in [0.717, 1.165) is 31.6 Å². The number of nitriles is 1. The first-order valence-electron chi connectivity index (χ1n) is 5.64. The van der Waals surface area contributed by atoms with Crippen molar-refractivity contribution in [3.8, 4) is 6.07 Å². The van der Waals surface area contributed by atoms with Crippen molar-refractivity contribution in [2.24, 2.45) is 11.7 Å². The standard InChI is InChI=1S/C13H16N2O.ClH/c14-9-10-1-3-11(4-2-10)13(15)12-5-7-16-8-6-12;/h1-4,12-13H,5-8,15H2;1H/t13-;/m1./s1. The molecule has 3 nitrogen and oxygen atoms in total. The van der Waals surface area contributed by atoms with E-state index in [1.54, 1.807) is 0 Å². The maximum Gasteiger partial charge on any atom is 0.0991 e. The van der Waals surface area contributed by atoms with Crippen molar-refractivity contribution >= 4 is 12.4 Å². The van der Waals surface area contributed by atoms with Crippen LogP contribution in [-0.4, -0.2) is 13.2 Å². The van der Waals surface area contributed by atoms with E-state index in [-0.39, 0.29) is 18.4 Å². The van der Waals surface area contributed by atoms with E-state index in [0.29, 0.717) is 11.5 Å². The summed E-state index contributed by atoms with van der Waals surface area (Å²) in [5.41, 5.74) is 8.02. The van der Waals surface area contributed by atoms with Crippen molar-refractivity contribution in [2.75, 3.05) is 13.2 Å². The Labute approximate surface area is 108 Å². The quantitative estimate of drug-likeness (QED) is 0.879. The molecule has 0 bridgehead atoms. The molecule has 92 valence electrons. The summed E-state index contributed by atoms with van der Waals surface area (Å²) in [6, 6.07) is 9.75. The number of hydrogen-bond donors (Lipinski definition) is 1. The van der Waals surface area contributed by atoms with Gasteiger partial charge in [0.15, 0.2) is 0 Å². The van der Waals surface area contributed by atoms with Crippen molar-refractivity contribution in [3.63, 3.8) is 0 Å². The van der Waals surface area contributed by atoms with Crippen LogP contribution < -0.4 is 5.73 Å². The molecule has 2 N–H and O–H groups in total. The molecule has 0 saturated carbocycles. The van der Waals surface area contributed by atoms with E-state index in [2.05, 4.69) is 6.07 Å². The highest BCUT2D eigenvalue weighted by molar-refractivity contribution is 5.85. The van der Waals surface area contributed by atoms with Crippen LogP contribution in [0.2, 0.25) is 0 Å². The number of nitrogens with zero attached hydrogens (tertiary/aromatic N) is 1. The molecule has 1 fully saturated rings. The zero-order valence-electron chi connectivity index (χ0n) is 9.63. The first kappa shape index (κ1) is 14.0. The second-order valence-corrected chi connectivity index (χ2v) is 4.21. The Morgan fingerprint density at radius 1 is 1.24 bits per heavy atom. The molecule has 0 aliphatic carbocycles. The van der Waals surface area contributed by atoms with Gasteiger partial charge in [0.2, 0.25) is 0 Å². The summed E-state index contributed by atoms with van der Waals surface area (Å²) in [5.74, 6) is 0.502. The molecule has 1 heterocycles. The molecule has 1 aliphatic rings. The van der Waals surface area contributed by atoms with Gasteiger partial charge in [-0.25, -0.2) is 0 Å². The van der Waals surface area contributed by atoms with Gasteiger partial charge >= 0.3 is 0 Å². The van der Waals surface area contributed by atoms with Gasteiger partial charge in [-0.2, -0.15) is 5.26 Å². The molecule has 4 heteroatoms. The minimum atomic E-state index is 0. The lowest BCUT2D eigenvalue weighted by atomic mass is 9.87. The lowest BCUT2D eigenvalue weighted by Gasteiger charge is -2.27. The van der Waals surface area contributed by atoms with Crippen LogP contribution >= 0.6 is 12.4 Å². The monoisotopic (exact) mass is 252 g/mol. The lowest BCUT2D eigenvalue weighted by molar-refractivity contribution is 0.0584. The van der Waals surface area contributed by atoms with E-state index in [9.17, 15) is 0 Å². The summed E-state index contributed by atoms with van der Waals surface area (Å²) in [7, 11) is 0. The second kappa shape index (κ2) is 6.61. The molecule has 0 radical (unpaired) electrons. The first-order valence-corrected chi connectivity index (χ1v) is 5.64. The number of halogens is 1. The minimum absolute atomic E-state index is 0. The van der Waals surface area contributed by atoms with Crippen LogP contribution in [0.1, 0.15) is 30.0 Å². The molecule has 1 aliphatic heterocycles. The fourth-order valence-corrected chi connectivity index (χ4v) is 2.13. The molecule has 2 rings (SSSR count). The predicted molar refractivity (Wildman–Crippen MR) is 68.9 cm³/mol. The Bertz CT molecular complexity index is 379. The van der Waals surface area contributed by atoms with Gasteiger partial charge in [-0.3, -0.25) is 0 Å². The summed E-state index contributed by atoms with van der Waals surface area (Å²) in [4.78, 5) is 0. The highest BCUT2D eigenvalue weighted by atomic mass is 35.5. The smallest absolute Gasteiger partial charge is 0.0991 e. The average Bonchev–Trinajstić information content (AvgIpc) is 2.39. The first-order chi connectivity index (χ1) is 7.81. The van der Waals surface area contributed by atoms with Gasteiger partial charge in [0.05, 0.1) is 11.6 Å². The third-order valence-electron chi connectivity index (χ3n) is 3.20. The summed E-state index contributed by atoms with van der Waals surface area (Å²) in [5, 5.41) is 8.72. The van der Waals surface area contributed by atoms with Crippen LogP contribution in [0.25, 0.3) is 0 Å². The molecule has 1 atom stereocenters. The number of nitrogens with two attached hydrogens (primary N) is 1. The zero-order chi connectivity index (χ0) is 11.4. The van der Waals surface area contributed by atoms with Crippen LogP contribution in [0, 0.1) is 17.2 Å². The lowest BCUT2D eigenvalue weighted by Crippen LogP contribution is -2.27. The Hall–Kier alpha value is -1.08. The van der Waals surface area contributed by atoms with Gasteiger partial charge in [-0.1, -0.05) is 12.1 Å². The number of rotatable bonds is 2. The van der Waals surface area contributed by atoms with Crippen molar-refractivity contribution in [3.05, 3.63) is 35.4 Å². The molecule has 1 saturated heterocycles. The maximum absolute atomic E-state index is 8.72. The highest BCUT2D eigenvalue weighted by Crippen LogP contribution is 2.27. The van der Waals surface area contributed by atoms with E-state index in [1.807, 2.05) is 24.3 Å². The van der Waals surface area contributed by atoms with Crippen molar-refractivity contribution in [1.82, 2.24) is 0 Å². The summed E-state index contributed by atoms with van der Waals surface area (Å²) >= 11 is 0. The molecule has 0 spiro atoms. The zero-order valence-corrected chi connectivity index (χ0v) is 10.5. The fourth-order valence-electron chi connectivity index (χ4n) is 2.13. The maximum atomic E-state index is 8.72. The van der Waals surface area contributed by atoms with Crippen LogP contribution in [0.15, 0.2) is 24.3 Å². The van der Waals surface area contributed by atoms with E-state index in [1.165, 1.54) is 0 Å². The SMILES string of the molecule is Cl.N#Cc1ccc([C@@H](N)C2CCOCC2)cc1. The molecule has 0 unspecified atom stereocenters. The fraction of sp³-hybridized carbons (Fsp3) is 0.462. The van der Waals surface area contributed by atoms with Gasteiger partial charge in [0, 0.05) is 19.3 Å². The van der Waals surface area contributed by atoms with Crippen molar-refractivity contribution in [2.45, 2.75) is 18.9 Å². The minimum Gasteiger partial charge on any atom is -0.381 e. The molecule has 1 aromatic rings. The molecule has 17 heavy (non-hydrogen) atoms. The number of hydrogen-bond acceptors (Lipinski definition) is 3. The van der Waals surface area contributed by atoms with Gasteiger partial charge in [0.1, 0.15) is 0 Å². The Morgan fingerprint density at radius 3 is 2.35 bits per heavy atom. The third-order valence-corrected chi connectivity index (χ3v) is 3.20. The van der Waals surface area contributed by atoms with Gasteiger partial charge in [0.25, 0.3) is 0 Å². The molecular weight excluding hydrogens is 236 g/mol. The molecule has 1 aromatic carbocycles. The van der Waals surface area contributed by atoms with Crippen LogP contribution in [-0.2, 0) is 4.74 Å². The Kier molecular flexibility index (Phi) is 5.43. The largest absolute Gasteiger partial charge is 0.381 e. The molecular formula is C13H17ClN2O. The predicted octanol–water partition coefficient (Wildman–Crippen LogP) is 2.41. The number of ether oxygens (including phenoxy) is 1. The topological polar surface area (TPSA) is 59.0 Å². The van der Waals surface area contributed by atoms with Crippen molar-refractivity contribution < 1.29 is 4.74 Å². The van der Waals surface area contributed by atoms with Crippen LogP contribution in [0.4, 0.5) is 0 Å². The van der Waals surface area contributed by atoms with E-state index < -0.39 is 0 Å². The summed E-state index contributed by atoms with van der Waals surface area (Å²) in [6.07, 6.45) is 2.06. The van der Waals surface area contributed by atoms with Crippen LogP contribution in [0.5, 0.6) is 0 Å². The van der Waals surface area contributed by atoms with Gasteiger partial charge in [-0.15, -0.1) is 12.4 Å². The average molecular weight is 253 g/mol. The second-order valence-electron chi connectivity index (χ2n) is 4.21. The normalized spacial score (nSPS) is 17.9. The molecule has 0 aromatic heterocycles. The summed E-state index contributed by atoms with van der Waals surface area (Å²) < 4.78 is 5.32. The van der Waals surface area contributed by atoms with Gasteiger partial charge < -0.3 is 10.5 Å². The van der Waals surface area contributed by atoms with E-state index in [4.69, 9.17) is 15.7 Å². The van der Waals surface area contributed by atoms with Crippen LogP contribution in [0.3, 0.4) is 0 Å². The number of benzene rings is 1. The Morgan fingerprint density at radius 2 is 1.82 bits per heavy atom. The van der Waals surface area contributed by atoms with E-state index >= 15 is 0 Å². The molecule has 0 amide bonds. The van der Waals surface area contributed by atoms with Gasteiger partial charge in [-0.05, 0) is 36.5 Å². The van der Waals surface area contributed by atoms with Crippen molar-refractivity contribution in [1.29, 1.82) is 5.26 Å². The summed E-state index contributed by atoms with van der Waals surface area (Å²) in [6.45, 7) is 1.63.